The van der Waals surface area contributed by atoms with Crippen molar-refractivity contribution in [2.24, 2.45) is 5.73 Å². The third kappa shape index (κ3) is 4.78. The van der Waals surface area contributed by atoms with Gasteiger partial charge in [-0.3, -0.25) is 0 Å². The summed E-state index contributed by atoms with van der Waals surface area (Å²) in [6.45, 7) is 2.43. The average Bonchev–Trinajstić information content (AvgIpc) is 2.53. The van der Waals surface area contributed by atoms with Crippen LogP contribution in [-0.4, -0.2) is 38.9 Å². The molecule has 1 heterocycles. The first-order valence-electron chi connectivity index (χ1n) is 6.11. The van der Waals surface area contributed by atoms with Gasteiger partial charge in [-0.05, 0) is 32.2 Å². The van der Waals surface area contributed by atoms with Crippen molar-refractivity contribution in [2.45, 2.75) is 38.5 Å². The highest BCUT2D eigenvalue weighted by atomic mass is 32.2. The lowest BCUT2D eigenvalue weighted by Crippen LogP contribution is -2.41. The quantitative estimate of drug-likeness (QED) is 0.671. The van der Waals surface area contributed by atoms with E-state index < -0.39 is 10.2 Å². The van der Waals surface area contributed by atoms with E-state index in [2.05, 4.69) is 4.72 Å². The van der Waals surface area contributed by atoms with Crippen molar-refractivity contribution >= 4 is 10.2 Å². The van der Waals surface area contributed by atoms with Crippen molar-refractivity contribution in [1.82, 2.24) is 9.03 Å². The van der Waals surface area contributed by atoms with Crippen molar-refractivity contribution in [1.29, 1.82) is 0 Å². The first-order valence-corrected chi connectivity index (χ1v) is 7.55. The topological polar surface area (TPSA) is 75.4 Å². The summed E-state index contributed by atoms with van der Waals surface area (Å²) < 4.78 is 28.0. The van der Waals surface area contributed by atoms with Crippen LogP contribution < -0.4 is 10.5 Å². The molecule has 3 N–H and O–H groups in total. The molecule has 0 aliphatic carbocycles. The summed E-state index contributed by atoms with van der Waals surface area (Å²) in [6, 6.07) is 0. The number of hydrogen-bond acceptors (Lipinski definition) is 3. The minimum atomic E-state index is -3.24. The molecule has 0 atom stereocenters. The number of nitrogens with zero attached hydrogens (tertiary/aromatic N) is 1. The van der Waals surface area contributed by atoms with E-state index in [-0.39, 0.29) is 0 Å². The molecule has 0 saturated carbocycles. The molecule has 0 amide bonds. The SMILES string of the molecule is NCCCCNS(=O)(=O)N1CCCCCC1. The Balaban J connectivity index is 2.36. The van der Waals surface area contributed by atoms with Crippen LogP contribution in [-0.2, 0) is 10.2 Å². The van der Waals surface area contributed by atoms with E-state index in [4.69, 9.17) is 5.73 Å². The Bertz CT molecular complexity index is 272. The second kappa shape index (κ2) is 7.21. The van der Waals surface area contributed by atoms with Crippen LogP contribution >= 0.6 is 0 Å². The van der Waals surface area contributed by atoms with Crippen LogP contribution in [0.3, 0.4) is 0 Å². The molecular formula is C10H23N3O2S. The Labute approximate surface area is 98.6 Å². The van der Waals surface area contributed by atoms with Crippen LogP contribution in [0.25, 0.3) is 0 Å². The van der Waals surface area contributed by atoms with Gasteiger partial charge in [0, 0.05) is 19.6 Å². The highest BCUT2D eigenvalue weighted by molar-refractivity contribution is 7.87. The molecule has 6 heteroatoms. The fraction of sp³-hybridized carbons (Fsp3) is 1.00. The van der Waals surface area contributed by atoms with E-state index in [0.717, 1.165) is 38.5 Å². The van der Waals surface area contributed by atoms with Crippen molar-refractivity contribution in [2.75, 3.05) is 26.2 Å². The third-order valence-corrected chi connectivity index (χ3v) is 4.43. The first-order chi connectivity index (χ1) is 7.67. The van der Waals surface area contributed by atoms with Gasteiger partial charge in [-0.1, -0.05) is 12.8 Å². The van der Waals surface area contributed by atoms with Crippen LogP contribution in [0.15, 0.2) is 0 Å². The molecule has 0 unspecified atom stereocenters. The predicted molar refractivity (Wildman–Crippen MR) is 65.3 cm³/mol. The molecule has 1 aliphatic heterocycles. The molecule has 0 bridgehead atoms. The summed E-state index contributed by atoms with van der Waals surface area (Å²) in [5.41, 5.74) is 5.35. The lowest BCUT2D eigenvalue weighted by Gasteiger charge is -2.20. The maximum Gasteiger partial charge on any atom is 0.279 e. The van der Waals surface area contributed by atoms with Gasteiger partial charge in [0.1, 0.15) is 0 Å². The molecule has 0 aromatic carbocycles. The second-order valence-electron chi connectivity index (χ2n) is 4.21. The molecule has 0 spiro atoms. The monoisotopic (exact) mass is 249 g/mol. The predicted octanol–water partition coefficient (Wildman–Crippen LogP) is 0.436. The van der Waals surface area contributed by atoms with Crippen molar-refractivity contribution in [3.8, 4) is 0 Å². The Kier molecular flexibility index (Phi) is 6.26. The second-order valence-corrected chi connectivity index (χ2v) is 5.96. The lowest BCUT2D eigenvalue weighted by molar-refractivity contribution is 0.414. The van der Waals surface area contributed by atoms with Gasteiger partial charge in [0.05, 0.1) is 0 Å². The van der Waals surface area contributed by atoms with Gasteiger partial charge >= 0.3 is 0 Å². The van der Waals surface area contributed by atoms with Gasteiger partial charge in [0.15, 0.2) is 0 Å². The average molecular weight is 249 g/mol. The summed E-state index contributed by atoms with van der Waals surface area (Å²) in [5.74, 6) is 0. The Morgan fingerprint density at radius 3 is 2.25 bits per heavy atom. The van der Waals surface area contributed by atoms with Gasteiger partial charge in [-0.15, -0.1) is 0 Å². The minimum absolute atomic E-state index is 0.496. The molecular weight excluding hydrogens is 226 g/mol. The number of hydrogen-bond donors (Lipinski definition) is 2. The number of unbranched alkanes of at least 4 members (excludes halogenated alkanes) is 1. The molecule has 5 nitrogen and oxygen atoms in total. The van der Waals surface area contributed by atoms with Crippen molar-refractivity contribution in [3.05, 3.63) is 0 Å². The number of nitrogens with two attached hydrogens (primary N) is 1. The number of rotatable bonds is 6. The fourth-order valence-corrected chi connectivity index (χ4v) is 3.17. The van der Waals surface area contributed by atoms with E-state index in [9.17, 15) is 8.42 Å². The zero-order valence-electron chi connectivity index (χ0n) is 9.82. The number of nitrogens with one attached hydrogen (secondary N) is 1. The normalized spacial score (nSPS) is 19.6. The smallest absolute Gasteiger partial charge is 0.279 e. The summed E-state index contributed by atoms with van der Waals surface area (Å²) >= 11 is 0. The van der Waals surface area contributed by atoms with Crippen LogP contribution in [0, 0.1) is 0 Å². The largest absolute Gasteiger partial charge is 0.330 e. The fourth-order valence-electron chi connectivity index (χ4n) is 1.84. The van der Waals surface area contributed by atoms with E-state index in [1.54, 1.807) is 4.31 Å². The highest BCUT2D eigenvalue weighted by Crippen LogP contribution is 2.12. The van der Waals surface area contributed by atoms with Crippen molar-refractivity contribution in [3.63, 3.8) is 0 Å². The van der Waals surface area contributed by atoms with E-state index >= 15 is 0 Å². The molecule has 1 fully saturated rings. The van der Waals surface area contributed by atoms with Gasteiger partial charge < -0.3 is 5.73 Å². The molecule has 0 aromatic rings. The molecule has 1 rings (SSSR count). The first kappa shape index (κ1) is 13.9. The van der Waals surface area contributed by atoms with Gasteiger partial charge in [-0.25, -0.2) is 4.72 Å². The molecule has 1 aliphatic rings. The Hall–Kier alpha value is -0.170. The third-order valence-electron chi connectivity index (χ3n) is 2.82. The summed E-state index contributed by atoms with van der Waals surface area (Å²) in [5, 5.41) is 0. The maximum atomic E-state index is 11.9. The van der Waals surface area contributed by atoms with Crippen LogP contribution in [0.5, 0.6) is 0 Å². The zero-order valence-corrected chi connectivity index (χ0v) is 10.6. The van der Waals surface area contributed by atoms with Crippen LogP contribution in [0.1, 0.15) is 38.5 Å². The van der Waals surface area contributed by atoms with Crippen LogP contribution in [0.4, 0.5) is 0 Å². The van der Waals surface area contributed by atoms with E-state index in [0.29, 0.717) is 26.2 Å². The van der Waals surface area contributed by atoms with E-state index in [1.165, 1.54) is 0 Å². The van der Waals surface area contributed by atoms with Crippen molar-refractivity contribution < 1.29 is 8.42 Å². The standard InChI is InChI=1S/C10H23N3O2S/c11-7-3-4-8-12-16(14,15)13-9-5-1-2-6-10-13/h12H,1-11H2. The summed E-state index contributed by atoms with van der Waals surface area (Å²) in [7, 11) is -3.24. The Morgan fingerprint density at radius 2 is 1.69 bits per heavy atom. The summed E-state index contributed by atoms with van der Waals surface area (Å²) in [4.78, 5) is 0. The van der Waals surface area contributed by atoms with Gasteiger partial charge in [0.25, 0.3) is 10.2 Å². The lowest BCUT2D eigenvalue weighted by atomic mass is 10.2. The molecule has 0 aromatic heterocycles. The maximum absolute atomic E-state index is 11.9. The molecule has 0 radical (unpaired) electrons. The molecule has 1 saturated heterocycles. The molecule has 16 heavy (non-hydrogen) atoms. The Morgan fingerprint density at radius 1 is 1.06 bits per heavy atom. The minimum Gasteiger partial charge on any atom is -0.330 e. The van der Waals surface area contributed by atoms with Crippen LogP contribution in [0.2, 0.25) is 0 Å². The van der Waals surface area contributed by atoms with Gasteiger partial charge in [-0.2, -0.15) is 12.7 Å². The van der Waals surface area contributed by atoms with E-state index in [1.807, 2.05) is 0 Å². The molecule has 96 valence electrons. The highest BCUT2D eigenvalue weighted by Gasteiger charge is 2.21. The summed E-state index contributed by atoms with van der Waals surface area (Å²) in [6.07, 6.45) is 5.90. The van der Waals surface area contributed by atoms with Gasteiger partial charge in [0.2, 0.25) is 0 Å². The zero-order chi connectivity index (χ0) is 11.9.